The highest BCUT2D eigenvalue weighted by Gasteiger charge is 2.51. The third-order valence-electron chi connectivity index (χ3n) is 6.48. The number of nitrogens with two attached hydrogens (primary N) is 1. The Bertz CT molecular complexity index is 675. The number of ether oxygens (including phenoxy) is 1. The van der Waals surface area contributed by atoms with Gasteiger partial charge in [0.05, 0.1) is 18.7 Å². The molecule has 0 aliphatic carbocycles. The summed E-state index contributed by atoms with van der Waals surface area (Å²) >= 11 is 0. The maximum atomic E-state index is 12.2. The molecule has 1 saturated heterocycles. The van der Waals surface area contributed by atoms with Gasteiger partial charge in [-0.25, -0.2) is 0 Å². The van der Waals surface area contributed by atoms with E-state index in [0.717, 1.165) is 12.8 Å². The molecule has 8 N–H and O–H groups in total. The van der Waals surface area contributed by atoms with Crippen molar-refractivity contribution >= 4 is 17.5 Å². The zero-order valence-corrected chi connectivity index (χ0v) is 20.4. The van der Waals surface area contributed by atoms with Crippen molar-refractivity contribution in [1.29, 1.82) is 0 Å². The van der Waals surface area contributed by atoms with Gasteiger partial charge in [0.25, 0.3) is 0 Å². The number of hydrogen-bond donors (Lipinski definition) is 7. The van der Waals surface area contributed by atoms with E-state index in [1.165, 1.54) is 6.92 Å². The topological polar surface area (TPSA) is 200 Å². The number of nitrogens with one attached hydrogen (secondary N) is 1. The first-order valence-electron chi connectivity index (χ1n) is 12.0. The average Bonchev–Trinajstić information content (AvgIpc) is 2.79. The highest BCUT2D eigenvalue weighted by atomic mass is 16.7. The first-order valence-corrected chi connectivity index (χ1v) is 12.0. The molecule has 0 radical (unpaired) electrons. The molecule has 1 rings (SSSR count). The Morgan fingerprint density at radius 3 is 2.21 bits per heavy atom. The standard InChI is InChI=1S/C23H42N2O9/c1-13(15(3)27)11-17(28)14(2)25-22(32)16(24)9-7-5-4-6-8-10-23(33)21(31)20(30)19(29)18(12-26)34-23/h13-14,16,18-21,26,29-31,33H,4-12,24H2,1-3H3,(H,25,32)/t13-,14+,16+,18-,19+,20+,21-,23?/m1/s1. The summed E-state index contributed by atoms with van der Waals surface area (Å²) in [6.07, 6.45) is -2.10. The van der Waals surface area contributed by atoms with Gasteiger partial charge in [-0.15, -0.1) is 0 Å². The van der Waals surface area contributed by atoms with Crippen LogP contribution in [0, 0.1) is 5.92 Å². The van der Waals surface area contributed by atoms with E-state index >= 15 is 0 Å². The molecule has 1 amide bonds. The van der Waals surface area contributed by atoms with Crippen LogP contribution in [0.4, 0.5) is 0 Å². The molecule has 1 unspecified atom stereocenters. The molecule has 1 fully saturated rings. The van der Waals surface area contributed by atoms with Crippen LogP contribution in [0.3, 0.4) is 0 Å². The summed E-state index contributed by atoms with van der Waals surface area (Å²) in [7, 11) is 0. The van der Waals surface area contributed by atoms with E-state index in [1.54, 1.807) is 13.8 Å². The van der Waals surface area contributed by atoms with Crippen LogP contribution >= 0.6 is 0 Å². The molecular formula is C23H42N2O9. The van der Waals surface area contributed by atoms with Gasteiger partial charge >= 0.3 is 0 Å². The van der Waals surface area contributed by atoms with Crippen LogP contribution in [0.2, 0.25) is 0 Å². The average molecular weight is 491 g/mol. The lowest BCUT2D eigenvalue weighted by molar-refractivity contribution is -0.351. The third-order valence-corrected chi connectivity index (χ3v) is 6.48. The number of hydrogen-bond acceptors (Lipinski definition) is 10. The van der Waals surface area contributed by atoms with E-state index in [1.807, 2.05) is 0 Å². The van der Waals surface area contributed by atoms with Crippen molar-refractivity contribution < 1.29 is 44.7 Å². The molecule has 0 aromatic rings. The molecule has 0 spiro atoms. The number of carbonyl (C=O) groups excluding carboxylic acids is 3. The first-order chi connectivity index (χ1) is 15.8. The van der Waals surface area contributed by atoms with Crippen LogP contribution in [0.1, 0.15) is 72.1 Å². The lowest BCUT2D eigenvalue weighted by Crippen LogP contribution is -2.65. The number of amides is 1. The molecule has 1 aliphatic rings. The van der Waals surface area contributed by atoms with Crippen molar-refractivity contribution in [3.8, 4) is 0 Å². The maximum absolute atomic E-state index is 12.2. The Balaban J connectivity index is 2.27. The summed E-state index contributed by atoms with van der Waals surface area (Å²) in [5.74, 6) is -3.15. The Labute approximate surface area is 200 Å². The Morgan fingerprint density at radius 1 is 1.03 bits per heavy atom. The summed E-state index contributed by atoms with van der Waals surface area (Å²) in [6.45, 7) is 4.06. The maximum Gasteiger partial charge on any atom is 0.237 e. The predicted octanol–water partition coefficient (Wildman–Crippen LogP) is -1.10. The van der Waals surface area contributed by atoms with Gasteiger partial charge in [0.1, 0.15) is 30.2 Å². The molecule has 198 valence electrons. The molecule has 0 aromatic carbocycles. The molecule has 34 heavy (non-hydrogen) atoms. The number of carbonyl (C=O) groups is 3. The molecule has 11 nitrogen and oxygen atoms in total. The van der Waals surface area contributed by atoms with Gasteiger partial charge in [-0.1, -0.05) is 32.6 Å². The van der Waals surface area contributed by atoms with E-state index in [2.05, 4.69) is 5.32 Å². The fraction of sp³-hybridized carbons (Fsp3) is 0.870. The number of ketones is 2. The van der Waals surface area contributed by atoms with Crippen molar-refractivity contribution in [1.82, 2.24) is 5.32 Å². The second-order valence-corrected chi connectivity index (χ2v) is 9.44. The van der Waals surface area contributed by atoms with Gasteiger partial charge in [-0.2, -0.15) is 0 Å². The molecule has 0 saturated carbocycles. The van der Waals surface area contributed by atoms with Crippen molar-refractivity contribution in [3.63, 3.8) is 0 Å². The highest BCUT2D eigenvalue weighted by molar-refractivity contribution is 5.93. The summed E-state index contributed by atoms with van der Waals surface area (Å²) in [5, 5.41) is 52.0. The number of rotatable bonds is 15. The SMILES string of the molecule is CC(=O)[C@H](C)CC(=O)[C@H](C)NC(=O)[C@@H](N)CCCCCCCC1(O)O[C@H](CO)[C@H](O)[C@H](O)[C@H]1O. The number of aliphatic hydroxyl groups excluding tert-OH is 4. The molecule has 8 atom stereocenters. The van der Waals surface area contributed by atoms with E-state index in [0.29, 0.717) is 25.7 Å². The Morgan fingerprint density at radius 2 is 1.62 bits per heavy atom. The van der Waals surface area contributed by atoms with Gasteiger partial charge in [0.2, 0.25) is 5.91 Å². The minimum absolute atomic E-state index is 0.0184. The molecule has 0 bridgehead atoms. The second kappa shape index (κ2) is 14.2. The van der Waals surface area contributed by atoms with Crippen molar-refractivity contribution in [3.05, 3.63) is 0 Å². The van der Waals surface area contributed by atoms with Gasteiger partial charge in [0.15, 0.2) is 11.6 Å². The van der Waals surface area contributed by atoms with Crippen molar-refractivity contribution in [2.24, 2.45) is 11.7 Å². The van der Waals surface area contributed by atoms with Crippen LogP contribution in [0.25, 0.3) is 0 Å². The minimum Gasteiger partial charge on any atom is -0.394 e. The molecule has 11 heteroatoms. The van der Waals surface area contributed by atoms with Crippen LogP contribution in [-0.2, 0) is 19.1 Å². The van der Waals surface area contributed by atoms with Gasteiger partial charge < -0.3 is 41.3 Å². The quantitative estimate of drug-likeness (QED) is 0.138. The highest BCUT2D eigenvalue weighted by Crippen LogP contribution is 2.32. The lowest BCUT2D eigenvalue weighted by atomic mass is 9.89. The summed E-state index contributed by atoms with van der Waals surface area (Å²) in [6, 6.07) is -1.47. The Kier molecular flexibility index (Phi) is 12.7. The number of Topliss-reactive ketones (excluding diaryl/α,β-unsaturated/α-hetero) is 2. The van der Waals surface area contributed by atoms with Crippen molar-refractivity contribution in [2.45, 2.75) is 114 Å². The third kappa shape index (κ3) is 8.95. The first kappa shape index (κ1) is 30.6. The fourth-order valence-electron chi connectivity index (χ4n) is 3.85. The van der Waals surface area contributed by atoms with Crippen LogP contribution in [0.5, 0.6) is 0 Å². The van der Waals surface area contributed by atoms with Gasteiger partial charge in [-0.3, -0.25) is 14.4 Å². The number of aliphatic hydroxyl groups is 5. The van der Waals surface area contributed by atoms with Crippen LogP contribution in [-0.4, -0.2) is 91.9 Å². The number of unbranched alkanes of at least 4 members (excludes halogenated alkanes) is 4. The smallest absolute Gasteiger partial charge is 0.237 e. The summed E-state index contributed by atoms with van der Waals surface area (Å²) < 4.78 is 5.23. The monoisotopic (exact) mass is 490 g/mol. The summed E-state index contributed by atoms with van der Waals surface area (Å²) in [4.78, 5) is 35.6. The van der Waals surface area contributed by atoms with Crippen molar-refractivity contribution in [2.75, 3.05) is 6.61 Å². The second-order valence-electron chi connectivity index (χ2n) is 9.44. The molecular weight excluding hydrogens is 448 g/mol. The minimum atomic E-state index is -2.05. The fourth-order valence-corrected chi connectivity index (χ4v) is 3.85. The predicted molar refractivity (Wildman–Crippen MR) is 122 cm³/mol. The van der Waals surface area contributed by atoms with Crippen LogP contribution < -0.4 is 11.1 Å². The zero-order chi connectivity index (χ0) is 26.1. The van der Waals surface area contributed by atoms with Crippen LogP contribution in [0.15, 0.2) is 0 Å². The van der Waals surface area contributed by atoms with E-state index in [-0.39, 0.29) is 30.3 Å². The largest absolute Gasteiger partial charge is 0.394 e. The Hall–Kier alpha value is -1.47. The zero-order valence-electron chi connectivity index (χ0n) is 20.4. The van der Waals surface area contributed by atoms with E-state index in [9.17, 15) is 39.9 Å². The lowest BCUT2D eigenvalue weighted by Gasteiger charge is -2.45. The van der Waals surface area contributed by atoms with E-state index in [4.69, 9.17) is 10.5 Å². The molecule has 1 heterocycles. The summed E-state index contributed by atoms with van der Waals surface area (Å²) in [5.41, 5.74) is 5.92. The molecule has 1 aliphatic heterocycles. The normalized spacial score (nSPS) is 29.8. The molecule has 0 aromatic heterocycles. The van der Waals surface area contributed by atoms with E-state index < -0.39 is 54.8 Å². The van der Waals surface area contributed by atoms with Gasteiger partial charge in [-0.05, 0) is 26.7 Å². The van der Waals surface area contributed by atoms with Gasteiger partial charge in [0, 0.05) is 18.8 Å².